The van der Waals surface area contributed by atoms with Gasteiger partial charge < -0.3 is 4.90 Å². The topological polar surface area (TPSA) is 64.3 Å². The summed E-state index contributed by atoms with van der Waals surface area (Å²) in [7, 11) is 0. The van der Waals surface area contributed by atoms with Crippen LogP contribution in [0.4, 0.5) is 13.2 Å². The number of carbonyl (C=O) groups excluding carboxylic acids is 1. The van der Waals surface area contributed by atoms with E-state index in [1.54, 1.807) is 36.4 Å². The van der Waals surface area contributed by atoms with Gasteiger partial charge in [-0.1, -0.05) is 36.4 Å². The molecule has 1 aliphatic heterocycles. The van der Waals surface area contributed by atoms with E-state index >= 15 is 0 Å². The van der Waals surface area contributed by atoms with Crippen LogP contribution in [0.5, 0.6) is 0 Å². The molecule has 2 fully saturated rings. The maximum Gasteiger partial charge on any atom is 0.416 e. The van der Waals surface area contributed by atoms with E-state index in [-0.39, 0.29) is 16.9 Å². The predicted octanol–water partition coefficient (Wildman–Crippen LogP) is 3.48. The lowest BCUT2D eigenvalue weighted by atomic mass is 9.82. The average molecular weight is 486 g/mol. The number of hydrogen-bond acceptors (Lipinski definition) is 4. The van der Waals surface area contributed by atoms with E-state index in [2.05, 4.69) is 4.90 Å². The van der Waals surface area contributed by atoms with Crippen molar-refractivity contribution in [1.82, 2.24) is 14.0 Å². The number of alkyl halides is 3. The second kappa shape index (κ2) is 8.78. The molecule has 1 aromatic heterocycles. The van der Waals surface area contributed by atoms with E-state index in [1.165, 1.54) is 29.0 Å². The number of benzene rings is 1. The number of fused-ring (bicyclic) bond motifs is 1. The summed E-state index contributed by atoms with van der Waals surface area (Å²) in [4.78, 5) is 40.1. The summed E-state index contributed by atoms with van der Waals surface area (Å²) in [5.41, 5.74) is -1.57. The number of halogens is 3. The third-order valence-electron chi connectivity index (χ3n) is 7.59. The molecule has 0 radical (unpaired) electrons. The first kappa shape index (κ1) is 23.5. The quantitative estimate of drug-likeness (QED) is 0.629. The molecule has 1 aromatic carbocycles. The summed E-state index contributed by atoms with van der Waals surface area (Å²) in [5.74, 6) is -0.0373. The van der Waals surface area contributed by atoms with Gasteiger partial charge in [0.25, 0.3) is 11.5 Å². The predicted molar refractivity (Wildman–Crippen MR) is 124 cm³/mol. The number of nitrogens with zero attached hydrogens (tertiary/aromatic N) is 3. The first-order chi connectivity index (χ1) is 16.7. The normalized spacial score (nSPS) is 25.9. The molecule has 6 nitrogen and oxygen atoms in total. The van der Waals surface area contributed by atoms with Gasteiger partial charge >= 0.3 is 11.9 Å². The Morgan fingerprint density at radius 2 is 1.86 bits per heavy atom. The standard InChI is InChI=1S/C26H26F3N3O3/c27-26(28,29)20-9-7-19(8-10-20)25-15-21(25)16-30(17-25)12-4-13-31-14-11-22(33)32(24(31)35)23(34)18-5-2-1-3-6-18/h1-3,5-7,9-11,14,19,21H,4,8,12-13,15-17H2/t19?,21-,25+/m0/s1. The van der Waals surface area contributed by atoms with Gasteiger partial charge in [0, 0.05) is 37.5 Å². The summed E-state index contributed by atoms with van der Waals surface area (Å²) in [6, 6.07) is 9.42. The Morgan fingerprint density at radius 3 is 2.54 bits per heavy atom. The third-order valence-corrected chi connectivity index (χ3v) is 7.59. The fourth-order valence-electron chi connectivity index (χ4n) is 5.68. The molecular weight excluding hydrogens is 459 g/mol. The van der Waals surface area contributed by atoms with E-state index in [0.29, 0.717) is 29.9 Å². The molecule has 0 bridgehead atoms. The van der Waals surface area contributed by atoms with Gasteiger partial charge in [0.05, 0.1) is 5.57 Å². The van der Waals surface area contributed by atoms with Crippen LogP contribution >= 0.6 is 0 Å². The van der Waals surface area contributed by atoms with Crippen LogP contribution in [0, 0.1) is 17.3 Å². The lowest BCUT2D eigenvalue weighted by molar-refractivity contribution is -0.0888. The molecule has 0 amide bonds. The van der Waals surface area contributed by atoms with Crippen molar-refractivity contribution >= 4 is 5.91 Å². The van der Waals surface area contributed by atoms with Gasteiger partial charge in [-0.3, -0.25) is 14.2 Å². The summed E-state index contributed by atoms with van der Waals surface area (Å²) in [6.07, 6.45) is 3.50. The van der Waals surface area contributed by atoms with Crippen molar-refractivity contribution in [3.05, 3.63) is 92.8 Å². The van der Waals surface area contributed by atoms with Gasteiger partial charge in [-0.05, 0) is 55.2 Å². The zero-order valence-corrected chi connectivity index (χ0v) is 19.1. The summed E-state index contributed by atoms with van der Waals surface area (Å²) >= 11 is 0. The van der Waals surface area contributed by atoms with Gasteiger partial charge in [0.1, 0.15) is 0 Å². The zero-order chi connectivity index (χ0) is 24.8. The van der Waals surface area contributed by atoms with Crippen molar-refractivity contribution in [3.8, 4) is 0 Å². The molecule has 1 unspecified atom stereocenters. The number of piperidine rings is 1. The minimum atomic E-state index is -4.30. The molecule has 2 heterocycles. The first-order valence-corrected chi connectivity index (χ1v) is 11.8. The van der Waals surface area contributed by atoms with Crippen LogP contribution in [0.3, 0.4) is 0 Å². The summed E-state index contributed by atoms with van der Waals surface area (Å²) in [5, 5.41) is 0. The molecule has 1 saturated heterocycles. The summed E-state index contributed by atoms with van der Waals surface area (Å²) < 4.78 is 40.8. The van der Waals surface area contributed by atoms with Gasteiger partial charge in [0.2, 0.25) is 0 Å². The molecular formula is C26H26F3N3O3. The molecule has 0 spiro atoms. The SMILES string of the molecule is O=C(c1ccccc1)n1c(=O)ccn(CCCN2C[C@@H]3C[C@]3(C3C=CC(C(F)(F)F)=CC3)C2)c1=O. The number of aryl methyl sites for hydroxylation is 1. The number of likely N-dealkylation sites (tertiary alicyclic amines) is 1. The highest BCUT2D eigenvalue weighted by molar-refractivity contribution is 5.95. The molecule has 2 aliphatic carbocycles. The minimum absolute atomic E-state index is 0.0519. The van der Waals surface area contributed by atoms with Gasteiger partial charge in [-0.25, -0.2) is 4.79 Å². The van der Waals surface area contributed by atoms with Crippen LogP contribution in [0.15, 0.2) is 76.0 Å². The molecule has 2 aromatic rings. The van der Waals surface area contributed by atoms with E-state index in [9.17, 15) is 27.6 Å². The lowest BCUT2D eigenvalue weighted by Crippen LogP contribution is -2.43. The minimum Gasteiger partial charge on any atom is -0.302 e. The molecule has 184 valence electrons. The Bertz CT molecular complexity index is 1310. The highest BCUT2D eigenvalue weighted by atomic mass is 19.4. The Balaban J connectivity index is 1.19. The van der Waals surface area contributed by atoms with E-state index < -0.39 is 28.9 Å². The lowest BCUT2D eigenvalue weighted by Gasteiger charge is -2.27. The highest BCUT2D eigenvalue weighted by Gasteiger charge is 2.62. The maximum atomic E-state index is 12.9. The Labute approximate surface area is 200 Å². The van der Waals surface area contributed by atoms with Crippen molar-refractivity contribution in [2.75, 3.05) is 19.6 Å². The molecule has 35 heavy (non-hydrogen) atoms. The number of allylic oxidation sites excluding steroid dienone is 4. The van der Waals surface area contributed by atoms with E-state index in [0.717, 1.165) is 26.1 Å². The van der Waals surface area contributed by atoms with Crippen molar-refractivity contribution in [2.24, 2.45) is 17.3 Å². The van der Waals surface area contributed by atoms with Crippen molar-refractivity contribution < 1.29 is 18.0 Å². The zero-order valence-electron chi connectivity index (χ0n) is 19.1. The van der Waals surface area contributed by atoms with Crippen LogP contribution in [0.25, 0.3) is 0 Å². The molecule has 0 N–H and O–H groups in total. The van der Waals surface area contributed by atoms with Crippen molar-refractivity contribution in [3.63, 3.8) is 0 Å². The monoisotopic (exact) mass is 485 g/mol. The second-order valence-corrected chi connectivity index (χ2v) is 9.72. The van der Waals surface area contributed by atoms with E-state index in [4.69, 9.17) is 0 Å². The number of rotatable bonds is 6. The number of carbonyl (C=O) groups is 1. The Kier molecular flexibility index (Phi) is 5.91. The van der Waals surface area contributed by atoms with E-state index in [1.807, 2.05) is 0 Å². The fraction of sp³-hybridized carbons (Fsp3) is 0.423. The smallest absolute Gasteiger partial charge is 0.302 e. The fourth-order valence-corrected chi connectivity index (χ4v) is 5.68. The van der Waals surface area contributed by atoms with Crippen molar-refractivity contribution in [2.45, 2.75) is 32.0 Å². The molecule has 3 atom stereocenters. The van der Waals surface area contributed by atoms with Crippen molar-refractivity contribution in [1.29, 1.82) is 0 Å². The van der Waals surface area contributed by atoms with Gasteiger partial charge in [-0.2, -0.15) is 17.7 Å². The van der Waals surface area contributed by atoms with Crippen LogP contribution in [-0.2, 0) is 6.54 Å². The van der Waals surface area contributed by atoms with Crippen LogP contribution in [0.1, 0.15) is 29.6 Å². The highest BCUT2D eigenvalue weighted by Crippen LogP contribution is 2.64. The largest absolute Gasteiger partial charge is 0.416 e. The Hall–Kier alpha value is -3.20. The maximum absolute atomic E-state index is 12.9. The Morgan fingerprint density at radius 1 is 1.09 bits per heavy atom. The molecule has 3 aliphatic rings. The molecule has 9 heteroatoms. The number of aromatic nitrogens is 2. The van der Waals surface area contributed by atoms with Crippen LogP contribution in [-0.4, -0.2) is 45.8 Å². The average Bonchev–Trinajstić information content (AvgIpc) is 3.41. The number of hydrogen-bond donors (Lipinski definition) is 0. The van der Waals surface area contributed by atoms with Gasteiger partial charge in [0.15, 0.2) is 0 Å². The first-order valence-electron chi connectivity index (χ1n) is 11.8. The second-order valence-electron chi connectivity index (χ2n) is 9.72. The summed E-state index contributed by atoms with van der Waals surface area (Å²) in [6.45, 7) is 2.83. The van der Waals surface area contributed by atoms with Gasteiger partial charge in [-0.15, -0.1) is 0 Å². The third kappa shape index (κ3) is 4.45. The molecule has 5 rings (SSSR count). The van der Waals surface area contributed by atoms with Crippen LogP contribution < -0.4 is 11.2 Å². The van der Waals surface area contributed by atoms with Crippen LogP contribution in [0.2, 0.25) is 0 Å². The molecule has 1 saturated carbocycles.